The molecule has 7 heteroatoms. The number of thioether (sulfide) groups is 1. The molecular weight excluding hydrogens is 432 g/mol. The van der Waals surface area contributed by atoms with E-state index >= 15 is 0 Å². The molecule has 1 amide bonds. The Morgan fingerprint density at radius 3 is 2.45 bits per heavy atom. The Bertz CT molecular complexity index is 1050. The van der Waals surface area contributed by atoms with E-state index in [-0.39, 0.29) is 5.91 Å². The lowest BCUT2D eigenvalue weighted by Gasteiger charge is -2.26. The fourth-order valence-corrected chi connectivity index (χ4v) is 4.51. The largest absolute Gasteiger partial charge is 0.378 e. The van der Waals surface area contributed by atoms with Gasteiger partial charge in [-0.3, -0.25) is 4.79 Å². The van der Waals surface area contributed by atoms with Crippen molar-refractivity contribution in [3.05, 3.63) is 83.0 Å². The molecule has 1 aromatic heterocycles. The van der Waals surface area contributed by atoms with Gasteiger partial charge in [0.25, 0.3) is 5.91 Å². The standard InChI is InChI=1S/C26H30N4O2S/c1-3-23-17-24(29(2)18-20-7-5-4-6-8-20)28-26(27-23)33-19-21-9-11-22(12-10-21)25(31)30-13-15-32-16-14-30/h4-12,17H,3,13-16,18-19H2,1-2H3. The maximum absolute atomic E-state index is 12.6. The number of hydrogen-bond acceptors (Lipinski definition) is 6. The van der Waals surface area contributed by atoms with Crippen molar-refractivity contribution in [1.82, 2.24) is 14.9 Å². The Morgan fingerprint density at radius 1 is 1.03 bits per heavy atom. The molecule has 0 aliphatic carbocycles. The van der Waals surface area contributed by atoms with Gasteiger partial charge in [0.2, 0.25) is 0 Å². The van der Waals surface area contributed by atoms with Crippen LogP contribution < -0.4 is 4.90 Å². The predicted octanol–water partition coefficient (Wildman–Crippen LogP) is 4.44. The number of morpholine rings is 1. The van der Waals surface area contributed by atoms with Crippen molar-refractivity contribution in [2.75, 3.05) is 38.3 Å². The summed E-state index contributed by atoms with van der Waals surface area (Å²) in [4.78, 5) is 26.2. The van der Waals surface area contributed by atoms with Crippen LogP contribution in [0.4, 0.5) is 5.82 Å². The van der Waals surface area contributed by atoms with Crippen LogP contribution in [-0.4, -0.2) is 54.1 Å². The average molecular weight is 463 g/mol. The third-order valence-electron chi connectivity index (χ3n) is 5.63. The van der Waals surface area contributed by atoms with E-state index in [0.29, 0.717) is 26.3 Å². The molecule has 33 heavy (non-hydrogen) atoms. The second-order valence-corrected chi connectivity index (χ2v) is 9.03. The van der Waals surface area contributed by atoms with Crippen LogP contribution in [0.3, 0.4) is 0 Å². The van der Waals surface area contributed by atoms with E-state index in [1.165, 1.54) is 5.56 Å². The highest BCUT2D eigenvalue weighted by Crippen LogP contribution is 2.24. The lowest BCUT2D eigenvalue weighted by molar-refractivity contribution is 0.0303. The third kappa shape index (κ3) is 6.33. The molecule has 172 valence electrons. The molecule has 2 heterocycles. The number of rotatable bonds is 8. The molecular formula is C26H30N4O2S. The van der Waals surface area contributed by atoms with Gasteiger partial charge in [-0.25, -0.2) is 9.97 Å². The van der Waals surface area contributed by atoms with Crippen LogP contribution in [0.2, 0.25) is 0 Å². The Morgan fingerprint density at radius 2 is 1.76 bits per heavy atom. The van der Waals surface area contributed by atoms with Crippen LogP contribution in [0.5, 0.6) is 0 Å². The lowest BCUT2D eigenvalue weighted by Crippen LogP contribution is -2.40. The molecule has 4 rings (SSSR count). The minimum Gasteiger partial charge on any atom is -0.378 e. The monoisotopic (exact) mass is 462 g/mol. The van der Waals surface area contributed by atoms with Crippen LogP contribution in [0.15, 0.2) is 65.8 Å². The first-order valence-corrected chi connectivity index (χ1v) is 12.3. The normalized spacial score (nSPS) is 13.7. The maximum Gasteiger partial charge on any atom is 0.254 e. The molecule has 0 bridgehead atoms. The molecule has 1 saturated heterocycles. The van der Waals surface area contributed by atoms with Gasteiger partial charge < -0.3 is 14.5 Å². The smallest absolute Gasteiger partial charge is 0.254 e. The van der Waals surface area contributed by atoms with E-state index in [1.54, 1.807) is 11.8 Å². The minimum absolute atomic E-state index is 0.0718. The van der Waals surface area contributed by atoms with Gasteiger partial charge in [-0.2, -0.15) is 0 Å². The summed E-state index contributed by atoms with van der Waals surface area (Å²) in [5.41, 5.74) is 4.15. The van der Waals surface area contributed by atoms with Crippen LogP contribution >= 0.6 is 11.8 Å². The zero-order valence-corrected chi connectivity index (χ0v) is 20.1. The molecule has 0 unspecified atom stereocenters. The number of aromatic nitrogens is 2. The van der Waals surface area contributed by atoms with Crippen LogP contribution in [0, 0.1) is 0 Å². The van der Waals surface area contributed by atoms with Gasteiger partial charge in [0, 0.05) is 49.8 Å². The molecule has 0 spiro atoms. The summed E-state index contributed by atoms with van der Waals surface area (Å²) < 4.78 is 5.34. The predicted molar refractivity (Wildman–Crippen MR) is 133 cm³/mol. The van der Waals surface area contributed by atoms with Crippen molar-refractivity contribution in [2.24, 2.45) is 0 Å². The minimum atomic E-state index is 0.0718. The fourth-order valence-electron chi connectivity index (χ4n) is 3.68. The SMILES string of the molecule is CCc1cc(N(C)Cc2ccccc2)nc(SCc2ccc(C(=O)N3CCOCC3)cc2)n1. The highest BCUT2D eigenvalue weighted by Gasteiger charge is 2.18. The van der Waals surface area contributed by atoms with Gasteiger partial charge in [0.1, 0.15) is 5.82 Å². The summed E-state index contributed by atoms with van der Waals surface area (Å²) in [5.74, 6) is 1.75. The number of amides is 1. The average Bonchev–Trinajstić information content (AvgIpc) is 2.88. The van der Waals surface area contributed by atoms with E-state index in [4.69, 9.17) is 14.7 Å². The number of hydrogen-bond donors (Lipinski definition) is 0. The molecule has 6 nitrogen and oxygen atoms in total. The van der Waals surface area contributed by atoms with Crippen LogP contribution in [-0.2, 0) is 23.5 Å². The number of anilines is 1. The van der Waals surface area contributed by atoms with Gasteiger partial charge in [-0.15, -0.1) is 0 Å². The van der Waals surface area contributed by atoms with Gasteiger partial charge in [-0.05, 0) is 29.7 Å². The number of ether oxygens (including phenoxy) is 1. The highest BCUT2D eigenvalue weighted by molar-refractivity contribution is 7.98. The Balaban J connectivity index is 1.40. The molecule has 0 saturated carbocycles. The van der Waals surface area contributed by atoms with Gasteiger partial charge >= 0.3 is 0 Å². The number of aryl methyl sites for hydroxylation is 1. The molecule has 0 N–H and O–H groups in total. The summed E-state index contributed by atoms with van der Waals surface area (Å²) in [6, 6.07) is 20.3. The maximum atomic E-state index is 12.6. The van der Waals surface area contributed by atoms with Gasteiger partial charge in [0.05, 0.1) is 13.2 Å². The van der Waals surface area contributed by atoms with Crippen molar-refractivity contribution in [3.63, 3.8) is 0 Å². The van der Waals surface area contributed by atoms with Crippen molar-refractivity contribution in [3.8, 4) is 0 Å². The highest BCUT2D eigenvalue weighted by atomic mass is 32.2. The molecule has 2 aromatic carbocycles. The summed E-state index contributed by atoms with van der Waals surface area (Å²) in [5, 5.41) is 0.776. The molecule has 1 aliphatic heterocycles. The van der Waals surface area contributed by atoms with E-state index < -0.39 is 0 Å². The second-order valence-electron chi connectivity index (χ2n) is 8.09. The second kappa shape index (κ2) is 11.3. The number of carbonyl (C=O) groups is 1. The zero-order valence-electron chi connectivity index (χ0n) is 19.2. The summed E-state index contributed by atoms with van der Waals surface area (Å²) >= 11 is 1.62. The molecule has 1 fully saturated rings. The first-order valence-electron chi connectivity index (χ1n) is 11.3. The van der Waals surface area contributed by atoms with E-state index in [1.807, 2.05) is 35.2 Å². The molecule has 3 aromatic rings. The lowest BCUT2D eigenvalue weighted by atomic mass is 10.1. The van der Waals surface area contributed by atoms with Crippen molar-refractivity contribution >= 4 is 23.5 Å². The van der Waals surface area contributed by atoms with Crippen LogP contribution in [0.25, 0.3) is 0 Å². The first-order chi connectivity index (χ1) is 16.1. The number of nitrogens with zero attached hydrogens (tertiary/aromatic N) is 4. The summed E-state index contributed by atoms with van der Waals surface area (Å²) in [6.45, 7) is 5.44. The van der Waals surface area contributed by atoms with Crippen molar-refractivity contribution in [2.45, 2.75) is 30.8 Å². The van der Waals surface area contributed by atoms with E-state index in [2.05, 4.69) is 49.2 Å². The Hall–Kier alpha value is -2.90. The van der Waals surface area contributed by atoms with E-state index in [9.17, 15) is 4.79 Å². The molecule has 0 atom stereocenters. The number of benzene rings is 2. The first kappa shape index (κ1) is 23.3. The Labute approximate surface area is 200 Å². The van der Waals surface area contributed by atoms with Gasteiger partial charge in [0.15, 0.2) is 5.16 Å². The molecule has 0 radical (unpaired) electrons. The zero-order chi connectivity index (χ0) is 23.0. The third-order valence-corrected chi connectivity index (χ3v) is 6.55. The van der Waals surface area contributed by atoms with Crippen molar-refractivity contribution < 1.29 is 9.53 Å². The Kier molecular flexibility index (Phi) is 7.96. The summed E-state index contributed by atoms with van der Waals surface area (Å²) in [7, 11) is 2.06. The topological polar surface area (TPSA) is 58.6 Å². The van der Waals surface area contributed by atoms with Crippen LogP contribution in [0.1, 0.15) is 34.1 Å². The molecule has 1 aliphatic rings. The number of carbonyl (C=O) groups excluding carboxylic acids is 1. The quantitative estimate of drug-likeness (QED) is 0.364. The van der Waals surface area contributed by atoms with Gasteiger partial charge in [-0.1, -0.05) is 61.2 Å². The fraction of sp³-hybridized carbons (Fsp3) is 0.346. The summed E-state index contributed by atoms with van der Waals surface area (Å²) in [6.07, 6.45) is 0.862. The van der Waals surface area contributed by atoms with E-state index in [0.717, 1.165) is 46.5 Å². The van der Waals surface area contributed by atoms with Crippen molar-refractivity contribution in [1.29, 1.82) is 0 Å².